The molecule has 142 valence electrons. The maximum absolute atomic E-state index is 12.6. The lowest BCUT2D eigenvalue weighted by Gasteiger charge is -2.26. The summed E-state index contributed by atoms with van der Waals surface area (Å²) in [5, 5.41) is 2.90. The third kappa shape index (κ3) is 4.72. The van der Waals surface area contributed by atoms with Crippen molar-refractivity contribution in [1.82, 2.24) is 0 Å². The molecular weight excluding hydrogens is 356 g/mol. The highest BCUT2D eigenvalue weighted by atomic mass is 32.2. The van der Waals surface area contributed by atoms with Crippen molar-refractivity contribution >= 4 is 35.0 Å². The van der Waals surface area contributed by atoms with Gasteiger partial charge in [0.05, 0.1) is 5.75 Å². The molecule has 1 saturated heterocycles. The van der Waals surface area contributed by atoms with Gasteiger partial charge in [-0.3, -0.25) is 14.5 Å². The summed E-state index contributed by atoms with van der Waals surface area (Å²) in [6, 6.07) is 15.7. The van der Waals surface area contributed by atoms with E-state index in [4.69, 9.17) is 0 Å². The van der Waals surface area contributed by atoms with Crippen LogP contribution in [0.2, 0.25) is 0 Å². The van der Waals surface area contributed by atoms with Crippen LogP contribution in [0.25, 0.3) is 0 Å². The van der Waals surface area contributed by atoms with Crippen molar-refractivity contribution in [1.29, 1.82) is 0 Å². The van der Waals surface area contributed by atoms with Crippen molar-refractivity contribution in [2.75, 3.05) is 16.0 Å². The molecule has 0 radical (unpaired) electrons. The molecule has 1 fully saturated rings. The summed E-state index contributed by atoms with van der Waals surface area (Å²) in [7, 11) is 0. The summed E-state index contributed by atoms with van der Waals surface area (Å²) in [6.07, 6.45) is 0.444. The molecule has 1 heterocycles. The highest BCUT2D eigenvalue weighted by molar-refractivity contribution is 8.00. The second kappa shape index (κ2) is 7.77. The Labute approximate surface area is 165 Å². The number of aryl methyl sites for hydroxylation is 1. The second-order valence-electron chi connectivity index (χ2n) is 8.14. The van der Waals surface area contributed by atoms with E-state index in [0.29, 0.717) is 12.2 Å². The average Bonchev–Trinajstić information content (AvgIpc) is 2.96. The molecule has 1 aliphatic rings. The van der Waals surface area contributed by atoms with E-state index in [9.17, 15) is 9.59 Å². The van der Waals surface area contributed by atoms with Crippen molar-refractivity contribution < 1.29 is 9.59 Å². The third-order valence-corrected chi connectivity index (χ3v) is 5.57. The number of thioether (sulfide) groups is 1. The highest BCUT2D eigenvalue weighted by Crippen LogP contribution is 2.44. The van der Waals surface area contributed by atoms with Gasteiger partial charge >= 0.3 is 0 Å². The van der Waals surface area contributed by atoms with Gasteiger partial charge in [-0.25, -0.2) is 0 Å². The van der Waals surface area contributed by atoms with Crippen molar-refractivity contribution in [2.45, 2.75) is 39.5 Å². The maximum Gasteiger partial charge on any atom is 0.238 e. The number of nitrogens with zero attached hydrogens (tertiary/aromatic N) is 1. The standard InChI is InChI=1S/C22H26N2O2S/c1-15-9-11-16(12-10-15)24-20(26)14-27-21(24)17-7-5-6-8-18(17)23-19(25)13-22(2,3)4/h5-12,21H,13-14H2,1-4H3,(H,23,25). The Morgan fingerprint density at radius 3 is 2.48 bits per heavy atom. The number of hydrogen-bond acceptors (Lipinski definition) is 3. The number of carbonyl (C=O) groups excluding carboxylic acids is 2. The summed E-state index contributed by atoms with van der Waals surface area (Å²) in [4.78, 5) is 26.9. The Kier molecular flexibility index (Phi) is 5.61. The van der Waals surface area contributed by atoms with Crippen LogP contribution in [-0.4, -0.2) is 17.6 Å². The summed E-state index contributed by atoms with van der Waals surface area (Å²) >= 11 is 1.59. The Bertz CT molecular complexity index is 840. The molecule has 0 aliphatic carbocycles. The number of rotatable bonds is 4. The first-order valence-electron chi connectivity index (χ1n) is 9.14. The van der Waals surface area contributed by atoms with E-state index < -0.39 is 0 Å². The summed E-state index contributed by atoms with van der Waals surface area (Å²) < 4.78 is 0. The molecule has 4 nitrogen and oxygen atoms in total. The third-order valence-electron chi connectivity index (χ3n) is 4.37. The van der Waals surface area contributed by atoms with Gasteiger partial charge in [-0.1, -0.05) is 56.7 Å². The number of amides is 2. The summed E-state index contributed by atoms with van der Waals surface area (Å²) in [5.41, 5.74) is 3.69. The minimum Gasteiger partial charge on any atom is -0.326 e. The molecule has 1 aliphatic heterocycles. The Balaban J connectivity index is 1.90. The van der Waals surface area contributed by atoms with Gasteiger partial charge in [-0.15, -0.1) is 11.8 Å². The Hall–Kier alpha value is -2.27. The molecule has 3 rings (SSSR count). The topological polar surface area (TPSA) is 49.4 Å². The van der Waals surface area contributed by atoms with Crippen LogP contribution in [0.5, 0.6) is 0 Å². The molecule has 0 bridgehead atoms. The molecule has 2 amide bonds. The zero-order chi connectivity index (χ0) is 19.6. The van der Waals surface area contributed by atoms with Crippen molar-refractivity contribution in [3.8, 4) is 0 Å². The number of para-hydroxylation sites is 1. The molecule has 5 heteroatoms. The second-order valence-corrected chi connectivity index (χ2v) is 9.20. The van der Waals surface area contributed by atoms with Crippen LogP contribution in [0.3, 0.4) is 0 Å². The molecule has 0 aromatic heterocycles. The van der Waals surface area contributed by atoms with Gasteiger partial charge in [0.15, 0.2) is 0 Å². The van der Waals surface area contributed by atoms with Gasteiger partial charge in [0, 0.05) is 23.4 Å². The minimum atomic E-state index is -0.147. The number of hydrogen-bond donors (Lipinski definition) is 1. The lowest BCUT2D eigenvalue weighted by atomic mass is 9.92. The quantitative estimate of drug-likeness (QED) is 0.796. The molecule has 27 heavy (non-hydrogen) atoms. The van der Waals surface area contributed by atoms with E-state index in [1.165, 1.54) is 0 Å². The van der Waals surface area contributed by atoms with Crippen LogP contribution in [0.1, 0.15) is 43.7 Å². The van der Waals surface area contributed by atoms with Crippen LogP contribution in [0.15, 0.2) is 48.5 Å². The lowest BCUT2D eigenvalue weighted by molar-refractivity contribution is -0.118. The molecule has 2 aromatic carbocycles. The van der Waals surface area contributed by atoms with Crippen LogP contribution in [-0.2, 0) is 9.59 Å². The Morgan fingerprint density at radius 1 is 1.15 bits per heavy atom. The molecular formula is C22H26N2O2S. The molecule has 1 N–H and O–H groups in total. The van der Waals surface area contributed by atoms with Crippen molar-refractivity contribution in [3.05, 3.63) is 59.7 Å². The van der Waals surface area contributed by atoms with E-state index in [2.05, 4.69) is 5.32 Å². The number of carbonyl (C=O) groups is 2. The van der Waals surface area contributed by atoms with Crippen LogP contribution in [0.4, 0.5) is 11.4 Å². The fourth-order valence-corrected chi connectivity index (χ4v) is 4.35. The van der Waals surface area contributed by atoms with E-state index >= 15 is 0 Å². The van der Waals surface area contributed by atoms with Gasteiger partial charge in [0.2, 0.25) is 11.8 Å². The predicted octanol–water partition coefficient (Wildman–Crippen LogP) is 5.15. The molecule has 1 unspecified atom stereocenters. The first kappa shape index (κ1) is 19.5. The smallest absolute Gasteiger partial charge is 0.238 e. The predicted molar refractivity (Wildman–Crippen MR) is 113 cm³/mol. The largest absolute Gasteiger partial charge is 0.326 e. The van der Waals surface area contributed by atoms with E-state index in [0.717, 1.165) is 22.5 Å². The number of benzene rings is 2. The first-order valence-corrected chi connectivity index (χ1v) is 10.2. The van der Waals surface area contributed by atoms with E-state index in [1.54, 1.807) is 11.8 Å². The van der Waals surface area contributed by atoms with Gasteiger partial charge in [-0.2, -0.15) is 0 Å². The van der Waals surface area contributed by atoms with Crippen LogP contribution in [0, 0.1) is 12.3 Å². The monoisotopic (exact) mass is 382 g/mol. The van der Waals surface area contributed by atoms with Crippen molar-refractivity contribution in [3.63, 3.8) is 0 Å². The van der Waals surface area contributed by atoms with Gasteiger partial charge in [0.1, 0.15) is 5.37 Å². The van der Waals surface area contributed by atoms with E-state index in [-0.39, 0.29) is 22.6 Å². The number of nitrogens with one attached hydrogen (secondary N) is 1. The average molecular weight is 383 g/mol. The SMILES string of the molecule is Cc1ccc(N2C(=O)CSC2c2ccccc2NC(=O)CC(C)(C)C)cc1. The summed E-state index contributed by atoms with van der Waals surface area (Å²) in [5.74, 6) is 0.513. The van der Waals surface area contributed by atoms with Crippen molar-refractivity contribution in [2.24, 2.45) is 5.41 Å². The minimum absolute atomic E-state index is 0.00819. The van der Waals surface area contributed by atoms with Gasteiger partial charge in [-0.05, 0) is 30.5 Å². The van der Waals surface area contributed by atoms with E-state index in [1.807, 2.05) is 81.1 Å². The fraction of sp³-hybridized carbons (Fsp3) is 0.364. The Morgan fingerprint density at radius 2 is 1.81 bits per heavy atom. The molecule has 0 spiro atoms. The highest BCUT2D eigenvalue weighted by Gasteiger charge is 2.35. The van der Waals surface area contributed by atoms with Gasteiger partial charge in [0.25, 0.3) is 0 Å². The van der Waals surface area contributed by atoms with Crippen LogP contribution < -0.4 is 10.2 Å². The molecule has 0 saturated carbocycles. The normalized spacial score (nSPS) is 17.3. The fourth-order valence-electron chi connectivity index (χ4n) is 3.14. The lowest BCUT2D eigenvalue weighted by Crippen LogP contribution is -2.28. The summed E-state index contributed by atoms with van der Waals surface area (Å²) in [6.45, 7) is 8.16. The zero-order valence-corrected chi connectivity index (χ0v) is 17.1. The maximum atomic E-state index is 12.6. The zero-order valence-electron chi connectivity index (χ0n) is 16.3. The van der Waals surface area contributed by atoms with Crippen LogP contribution >= 0.6 is 11.8 Å². The molecule has 2 aromatic rings. The molecule has 1 atom stereocenters. The number of anilines is 2. The first-order chi connectivity index (χ1) is 12.7. The van der Waals surface area contributed by atoms with Gasteiger partial charge < -0.3 is 5.32 Å².